The molecule has 0 aliphatic heterocycles. The number of allylic oxidation sites excluding steroid dienone is 2. The molecule has 6 nitrogen and oxygen atoms in total. The van der Waals surface area contributed by atoms with Crippen LogP contribution in [0.15, 0.2) is 12.2 Å². The van der Waals surface area contributed by atoms with Crippen LogP contribution in [0, 0.1) is 0 Å². The van der Waals surface area contributed by atoms with Crippen LogP contribution in [0.4, 0.5) is 0 Å². The number of nitrogens with one attached hydrogen (secondary N) is 1. The van der Waals surface area contributed by atoms with E-state index in [4.69, 9.17) is 4.74 Å². The maximum atomic E-state index is 12.5. The molecule has 0 rings (SSSR count). The number of hydrogen-bond donors (Lipinski definition) is 3. The van der Waals surface area contributed by atoms with Gasteiger partial charge >= 0.3 is 5.97 Å². The van der Waals surface area contributed by atoms with Gasteiger partial charge in [-0.15, -0.1) is 0 Å². The summed E-state index contributed by atoms with van der Waals surface area (Å²) >= 11 is 0. The third kappa shape index (κ3) is 55.9. The van der Waals surface area contributed by atoms with Gasteiger partial charge in [-0.05, 0) is 51.4 Å². The normalized spacial score (nSPS) is 12.6. The Labute approximate surface area is 438 Å². The van der Waals surface area contributed by atoms with Gasteiger partial charge in [0.05, 0.1) is 25.4 Å². The van der Waals surface area contributed by atoms with Crippen LogP contribution in [0.3, 0.4) is 0 Å². The molecule has 1 amide bonds. The van der Waals surface area contributed by atoms with E-state index in [2.05, 4.69) is 31.3 Å². The predicted molar refractivity (Wildman–Crippen MR) is 306 cm³/mol. The third-order valence-electron chi connectivity index (χ3n) is 15.1. The SMILES string of the molecule is CCCCC/C=C\CCCCCCCC(=O)OCCCCCCCCCCCCCCCCCCCCCCCCCCCCCCC(=O)NC(CO)C(O)CCCCCCCCCCCCCCC. The van der Waals surface area contributed by atoms with Crippen LogP contribution in [0.2, 0.25) is 0 Å². The first kappa shape index (κ1) is 68.6. The summed E-state index contributed by atoms with van der Waals surface area (Å²) in [7, 11) is 0. The molecule has 3 N–H and O–H groups in total. The fourth-order valence-electron chi connectivity index (χ4n) is 10.2. The zero-order valence-electron chi connectivity index (χ0n) is 47.5. The van der Waals surface area contributed by atoms with Crippen molar-refractivity contribution < 1.29 is 24.5 Å². The Balaban J connectivity index is 3.33. The van der Waals surface area contributed by atoms with Crippen LogP contribution in [0.1, 0.15) is 361 Å². The van der Waals surface area contributed by atoms with Crippen LogP contribution in [0.25, 0.3) is 0 Å². The van der Waals surface area contributed by atoms with E-state index in [1.165, 1.54) is 283 Å². The van der Waals surface area contributed by atoms with Crippen molar-refractivity contribution in [3.8, 4) is 0 Å². The second-order valence-corrected chi connectivity index (χ2v) is 22.1. The van der Waals surface area contributed by atoms with Crippen LogP contribution in [0.5, 0.6) is 0 Å². The summed E-state index contributed by atoms with van der Waals surface area (Å²) in [6, 6.07) is -0.537. The first-order chi connectivity index (χ1) is 34.5. The summed E-state index contributed by atoms with van der Waals surface area (Å²) in [5.74, 6) is -0.0208. The van der Waals surface area contributed by atoms with E-state index in [9.17, 15) is 19.8 Å². The minimum atomic E-state index is -0.660. The van der Waals surface area contributed by atoms with Gasteiger partial charge in [0.2, 0.25) is 5.91 Å². The van der Waals surface area contributed by atoms with Gasteiger partial charge in [-0.3, -0.25) is 9.59 Å². The molecule has 6 heteroatoms. The number of carbonyl (C=O) groups is 2. The van der Waals surface area contributed by atoms with Crippen molar-refractivity contribution >= 4 is 11.9 Å². The molecule has 0 aromatic heterocycles. The van der Waals surface area contributed by atoms with Gasteiger partial charge in [0.25, 0.3) is 0 Å². The lowest BCUT2D eigenvalue weighted by Gasteiger charge is -2.22. The van der Waals surface area contributed by atoms with E-state index in [1.807, 2.05) is 0 Å². The Hall–Kier alpha value is -1.40. The largest absolute Gasteiger partial charge is 0.466 e. The molecule has 0 spiro atoms. The van der Waals surface area contributed by atoms with Crippen LogP contribution in [-0.2, 0) is 14.3 Å². The van der Waals surface area contributed by atoms with Gasteiger partial charge in [0.1, 0.15) is 0 Å². The molecule has 2 unspecified atom stereocenters. The van der Waals surface area contributed by atoms with E-state index < -0.39 is 12.1 Å². The van der Waals surface area contributed by atoms with Crippen molar-refractivity contribution in [3.05, 3.63) is 12.2 Å². The quantitative estimate of drug-likeness (QED) is 0.0321. The summed E-state index contributed by atoms with van der Waals surface area (Å²) in [6.45, 7) is 4.95. The second-order valence-electron chi connectivity index (χ2n) is 22.1. The summed E-state index contributed by atoms with van der Waals surface area (Å²) < 4.78 is 5.47. The summed E-state index contributed by atoms with van der Waals surface area (Å²) in [5.41, 5.74) is 0. The molecule has 2 atom stereocenters. The van der Waals surface area contributed by atoms with E-state index in [-0.39, 0.29) is 18.5 Å². The van der Waals surface area contributed by atoms with E-state index in [0.717, 1.165) is 44.9 Å². The number of rotatable bonds is 60. The Morgan fingerprint density at radius 3 is 1.04 bits per heavy atom. The average molecular weight is 989 g/mol. The molecule has 0 saturated carbocycles. The van der Waals surface area contributed by atoms with Crippen LogP contribution >= 0.6 is 0 Å². The lowest BCUT2D eigenvalue weighted by Crippen LogP contribution is -2.45. The highest BCUT2D eigenvalue weighted by atomic mass is 16.5. The Bertz CT molecular complexity index is 1050. The van der Waals surface area contributed by atoms with Crippen molar-refractivity contribution in [1.29, 1.82) is 0 Å². The van der Waals surface area contributed by atoms with Crippen LogP contribution < -0.4 is 5.32 Å². The zero-order chi connectivity index (χ0) is 50.7. The fraction of sp³-hybridized carbons (Fsp3) is 0.938. The van der Waals surface area contributed by atoms with E-state index >= 15 is 0 Å². The van der Waals surface area contributed by atoms with Gasteiger partial charge in [-0.2, -0.15) is 0 Å². The average Bonchev–Trinajstić information content (AvgIpc) is 3.36. The fourth-order valence-corrected chi connectivity index (χ4v) is 10.2. The van der Waals surface area contributed by atoms with Gasteiger partial charge in [0.15, 0.2) is 0 Å². The molecule has 0 aromatic rings. The van der Waals surface area contributed by atoms with E-state index in [0.29, 0.717) is 25.9 Å². The van der Waals surface area contributed by atoms with Crippen molar-refractivity contribution in [3.63, 3.8) is 0 Å². The summed E-state index contributed by atoms with van der Waals surface area (Å²) in [5, 5.41) is 23.3. The van der Waals surface area contributed by atoms with Crippen molar-refractivity contribution in [2.75, 3.05) is 13.2 Å². The molecule has 0 saturated heterocycles. The molecule has 0 fully saturated rings. The van der Waals surface area contributed by atoms with Gasteiger partial charge in [0, 0.05) is 12.8 Å². The predicted octanol–water partition coefficient (Wildman–Crippen LogP) is 20.0. The number of carbonyl (C=O) groups excluding carboxylic acids is 2. The number of aliphatic hydroxyl groups is 2. The Morgan fingerprint density at radius 2 is 0.671 bits per heavy atom. The topological polar surface area (TPSA) is 95.9 Å². The monoisotopic (exact) mass is 988 g/mol. The smallest absolute Gasteiger partial charge is 0.305 e. The number of esters is 1. The number of unbranched alkanes of at least 4 members (excludes halogenated alkanes) is 47. The number of amides is 1. The van der Waals surface area contributed by atoms with Crippen molar-refractivity contribution in [1.82, 2.24) is 5.32 Å². The number of aliphatic hydroxyl groups excluding tert-OH is 2. The maximum Gasteiger partial charge on any atom is 0.305 e. The molecule has 0 heterocycles. The molecule has 0 aromatic carbocycles. The highest BCUT2D eigenvalue weighted by Gasteiger charge is 2.20. The second kappa shape index (κ2) is 60.2. The van der Waals surface area contributed by atoms with Gasteiger partial charge < -0.3 is 20.3 Å². The number of ether oxygens (including phenoxy) is 1. The lowest BCUT2D eigenvalue weighted by molar-refractivity contribution is -0.143. The molecule has 0 radical (unpaired) electrons. The molecule has 0 bridgehead atoms. The van der Waals surface area contributed by atoms with Gasteiger partial charge in [-0.25, -0.2) is 0 Å². The third-order valence-corrected chi connectivity index (χ3v) is 15.1. The molecule has 70 heavy (non-hydrogen) atoms. The highest BCUT2D eigenvalue weighted by molar-refractivity contribution is 5.76. The van der Waals surface area contributed by atoms with Crippen LogP contribution in [-0.4, -0.2) is 47.4 Å². The zero-order valence-corrected chi connectivity index (χ0v) is 47.5. The standard InChI is InChI=1S/C64H125NO5/c1-3-5-7-9-11-13-15-33-36-40-44-48-52-56-62(67)61(60-66)65-63(68)57-53-49-45-41-37-34-31-29-27-25-23-21-19-17-18-20-22-24-26-28-30-32-35-39-43-47-51-55-59-70-64(69)58-54-50-46-42-38-16-14-12-10-8-6-4-2/h12,14,61-62,66-67H,3-11,13,15-60H2,1-2H3,(H,65,68)/b14-12-. The lowest BCUT2D eigenvalue weighted by atomic mass is 10.0. The molecular weight excluding hydrogens is 863 g/mol. The van der Waals surface area contributed by atoms with Gasteiger partial charge in [-0.1, -0.05) is 309 Å². The first-order valence-corrected chi connectivity index (χ1v) is 31.9. The molecule has 416 valence electrons. The Morgan fingerprint density at radius 1 is 0.386 bits per heavy atom. The number of hydrogen-bond acceptors (Lipinski definition) is 5. The van der Waals surface area contributed by atoms with E-state index in [1.54, 1.807) is 0 Å². The van der Waals surface area contributed by atoms with Crippen molar-refractivity contribution in [2.45, 2.75) is 373 Å². The van der Waals surface area contributed by atoms with Crippen molar-refractivity contribution in [2.24, 2.45) is 0 Å². The summed E-state index contributed by atoms with van der Waals surface area (Å²) in [4.78, 5) is 24.5. The minimum absolute atomic E-state index is 0.00917. The molecule has 0 aliphatic rings. The molecular formula is C64H125NO5. The summed E-state index contributed by atoms with van der Waals surface area (Å²) in [6.07, 6.45) is 72.4. The Kier molecular flexibility index (Phi) is 59.0. The highest BCUT2D eigenvalue weighted by Crippen LogP contribution is 2.18. The molecule has 0 aliphatic carbocycles. The first-order valence-electron chi connectivity index (χ1n) is 31.9. The minimum Gasteiger partial charge on any atom is -0.466 e. The maximum absolute atomic E-state index is 12.5.